The molecule has 2 aromatic carbocycles. The third kappa shape index (κ3) is 6.51. The SMILES string of the molecule is Cc1cccc(Cl)c1NC(=O)NC1CC(NC(=O)c2cccnc2)c2cc(S(=O)(=O)NCC(C)C)c3cc(C4CC4)ncc3c21. The van der Waals surface area contributed by atoms with E-state index in [1.54, 1.807) is 42.7 Å². The number of pyridine rings is 2. The highest BCUT2D eigenvalue weighted by Gasteiger charge is 2.38. The predicted molar refractivity (Wildman–Crippen MR) is 174 cm³/mol. The maximum atomic E-state index is 13.8. The molecule has 2 aliphatic rings. The highest BCUT2D eigenvalue weighted by molar-refractivity contribution is 7.89. The van der Waals surface area contributed by atoms with Gasteiger partial charge in [0.05, 0.1) is 33.3 Å². The van der Waals surface area contributed by atoms with Gasteiger partial charge in [-0.05, 0) is 79.1 Å². The predicted octanol–water partition coefficient (Wildman–Crippen LogP) is 6.14. The van der Waals surface area contributed by atoms with Crippen molar-refractivity contribution in [1.82, 2.24) is 25.3 Å². The molecule has 1 saturated carbocycles. The Balaban J connectivity index is 1.45. The van der Waals surface area contributed by atoms with E-state index in [-0.39, 0.29) is 23.3 Å². The molecule has 6 rings (SSSR count). The van der Waals surface area contributed by atoms with Crippen LogP contribution in [0.25, 0.3) is 10.8 Å². The van der Waals surface area contributed by atoms with Crippen LogP contribution in [0.15, 0.2) is 66.0 Å². The Morgan fingerprint density at radius 3 is 2.51 bits per heavy atom. The van der Waals surface area contributed by atoms with Crippen LogP contribution >= 0.6 is 11.6 Å². The van der Waals surface area contributed by atoms with Gasteiger partial charge in [-0.25, -0.2) is 17.9 Å². The largest absolute Gasteiger partial charge is 0.345 e. The molecule has 10 nitrogen and oxygen atoms in total. The quantitative estimate of drug-likeness (QED) is 0.172. The topological polar surface area (TPSA) is 142 Å². The fourth-order valence-corrected chi connectivity index (χ4v) is 7.50. The summed E-state index contributed by atoms with van der Waals surface area (Å²) < 4.78 is 30.4. The maximum Gasteiger partial charge on any atom is 0.319 e. The fourth-order valence-electron chi connectivity index (χ4n) is 5.78. The third-order valence-corrected chi connectivity index (χ3v) is 10.0. The normalized spacial score (nSPS) is 17.7. The number of aryl methyl sites for hydroxylation is 1. The van der Waals surface area contributed by atoms with Crippen LogP contribution in [-0.2, 0) is 10.0 Å². The van der Waals surface area contributed by atoms with E-state index in [0.29, 0.717) is 50.5 Å². The zero-order valence-electron chi connectivity index (χ0n) is 25.2. The minimum Gasteiger partial charge on any atom is -0.345 e. The number of halogens is 1. The Hall–Kier alpha value is -4.06. The number of aromatic nitrogens is 2. The minimum absolute atomic E-state index is 0.101. The van der Waals surface area contributed by atoms with Gasteiger partial charge >= 0.3 is 6.03 Å². The molecule has 3 amide bonds. The molecule has 2 aromatic heterocycles. The summed E-state index contributed by atoms with van der Waals surface area (Å²) in [6.07, 6.45) is 7.06. The van der Waals surface area contributed by atoms with Crippen LogP contribution in [0, 0.1) is 12.8 Å². The van der Waals surface area contributed by atoms with E-state index in [2.05, 4.69) is 25.7 Å². The average Bonchev–Trinajstić information content (AvgIpc) is 3.81. The number of hydrogen-bond acceptors (Lipinski definition) is 6. The molecule has 0 radical (unpaired) electrons. The second-order valence-corrected chi connectivity index (χ2v) is 14.3. The van der Waals surface area contributed by atoms with Crippen molar-refractivity contribution in [2.45, 2.75) is 62.9 Å². The van der Waals surface area contributed by atoms with Crippen LogP contribution in [0.5, 0.6) is 0 Å². The molecule has 1 fully saturated rings. The Morgan fingerprint density at radius 2 is 1.82 bits per heavy atom. The van der Waals surface area contributed by atoms with Crippen LogP contribution < -0.4 is 20.7 Å². The first kappa shape index (κ1) is 30.9. The number of carbonyl (C=O) groups excluding carboxylic acids is 2. The van der Waals surface area contributed by atoms with Crippen molar-refractivity contribution in [2.75, 3.05) is 11.9 Å². The van der Waals surface area contributed by atoms with Gasteiger partial charge in [0.15, 0.2) is 0 Å². The molecular formula is C33H35ClN6O4S. The van der Waals surface area contributed by atoms with Gasteiger partial charge in [0.25, 0.3) is 5.91 Å². The minimum atomic E-state index is -3.94. The number of rotatable bonds is 9. The molecule has 2 atom stereocenters. The summed E-state index contributed by atoms with van der Waals surface area (Å²) in [6.45, 7) is 6.00. The zero-order chi connectivity index (χ0) is 31.9. The fraction of sp³-hybridized carbons (Fsp3) is 0.333. The Bertz CT molecular complexity index is 1880. The lowest BCUT2D eigenvalue weighted by Crippen LogP contribution is -2.33. The van der Waals surface area contributed by atoms with Crippen molar-refractivity contribution in [3.63, 3.8) is 0 Å². The maximum absolute atomic E-state index is 13.8. The Labute approximate surface area is 267 Å². The van der Waals surface area contributed by atoms with Gasteiger partial charge in [-0.15, -0.1) is 0 Å². The standard InChI is InChI=1S/C33H35ClN6O4S/c1-18(2)15-37-45(43,44)29-13-23-27(38-32(41)21-7-5-11-35-16-21)14-28(39-33(42)40-31-19(3)6-4-8-25(31)34)30(23)24-17-36-26(12-22(24)29)20-9-10-20/h4-8,11-13,16-18,20,27-28,37H,9-10,14-15H2,1-3H3,(H,38,41)(H2,39,40,42). The van der Waals surface area contributed by atoms with Crippen molar-refractivity contribution in [3.8, 4) is 0 Å². The first-order valence-corrected chi connectivity index (χ1v) is 16.9. The van der Waals surface area contributed by atoms with Crippen molar-refractivity contribution >= 4 is 50.0 Å². The number of urea groups is 1. The highest BCUT2D eigenvalue weighted by Crippen LogP contribution is 2.47. The van der Waals surface area contributed by atoms with Crippen LogP contribution in [0.1, 0.15) is 83.9 Å². The molecule has 2 aliphatic carbocycles. The molecule has 0 bridgehead atoms. The van der Waals surface area contributed by atoms with Crippen LogP contribution in [0.3, 0.4) is 0 Å². The van der Waals surface area contributed by atoms with Crippen molar-refractivity contribution < 1.29 is 18.0 Å². The molecule has 4 N–H and O–H groups in total. The summed E-state index contributed by atoms with van der Waals surface area (Å²) in [7, 11) is -3.94. The van der Waals surface area contributed by atoms with Gasteiger partial charge in [0, 0.05) is 47.5 Å². The number of para-hydroxylation sites is 1. The van der Waals surface area contributed by atoms with E-state index in [0.717, 1.165) is 24.1 Å². The highest BCUT2D eigenvalue weighted by atomic mass is 35.5. The van der Waals surface area contributed by atoms with Gasteiger partial charge in [0.2, 0.25) is 10.0 Å². The molecule has 0 saturated heterocycles. The average molecular weight is 647 g/mol. The second kappa shape index (κ2) is 12.4. The zero-order valence-corrected chi connectivity index (χ0v) is 26.8. The number of fused-ring (bicyclic) bond motifs is 3. The molecular weight excluding hydrogens is 612 g/mol. The monoisotopic (exact) mass is 646 g/mol. The molecule has 0 spiro atoms. The Kier molecular flexibility index (Phi) is 8.51. The van der Waals surface area contributed by atoms with Gasteiger partial charge < -0.3 is 16.0 Å². The van der Waals surface area contributed by atoms with Gasteiger partial charge in [-0.2, -0.15) is 0 Å². The van der Waals surface area contributed by atoms with E-state index in [1.165, 1.54) is 6.20 Å². The van der Waals surface area contributed by atoms with Crippen molar-refractivity contribution in [1.29, 1.82) is 0 Å². The summed E-state index contributed by atoms with van der Waals surface area (Å²) in [4.78, 5) is 35.6. The molecule has 234 valence electrons. The van der Waals surface area contributed by atoms with Gasteiger partial charge in [0.1, 0.15) is 0 Å². The summed E-state index contributed by atoms with van der Waals surface area (Å²) in [5, 5.41) is 10.5. The van der Waals surface area contributed by atoms with Crippen LogP contribution in [0.4, 0.5) is 10.5 Å². The van der Waals surface area contributed by atoms with Gasteiger partial charge in [-0.1, -0.05) is 37.6 Å². The molecule has 2 unspecified atom stereocenters. The van der Waals surface area contributed by atoms with Gasteiger partial charge in [-0.3, -0.25) is 14.8 Å². The number of anilines is 1. The van der Waals surface area contributed by atoms with Crippen LogP contribution in [-0.4, -0.2) is 36.9 Å². The van der Waals surface area contributed by atoms with E-state index >= 15 is 0 Å². The third-order valence-electron chi connectivity index (χ3n) is 8.24. The molecule has 2 heterocycles. The smallest absolute Gasteiger partial charge is 0.319 e. The molecule has 0 aliphatic heterocycles. The number of hydrogen-bond donors (Lipinski definition) is 4. The summed E-state index contributed by atoms with van der Waals surface area (Å²) >= 11 is 6.37. The number of sulfonamides is 1. The lowest BCUT2D eigenvalue weighted by atomic mass is 9.98. The van der Waals surface area contributed by atoms with Crippen molar-refractivity contribution in [3.05, 3.63) is 94.0 Å². The van der Waals surface area contributed by atoms with Crippen molar-refractivity contribution in [2.24, 2.45) is 5.92 Å². The number of nitrogens with one attached hydrogen (secondary N) is 4. The number of benzene rings is 2. The van der Waals surface area contributed by atoms with E-state index < -0.39 is 28.1 Å². The van der Waals surface area contributed by atoms with E-state index in [1.807, 2.05) is 32.9 Å². The van der Waals surface area contributed by atoms with E-state index in [4.69, 9.17) is 16.6 Å². The summed E-state index contributed by atoms with van der Waals surface area (Å²) in [5.74, 6) is 0.0388. The molecule has 45 heavy (non-hydrogen) atoms. The first-order chi connectivity index (χ1) is 21.5. The van der Waals surface area contributed by atoms with Crippen LogP contribution in [0.2, 0.25) is 5.02 Å². The lowest BCUT2D eigenvalue weighted by molar-refractivity contribution is 0.0935. The van der Waals surface area contributed by atoms with E-state index in [9.17, 15) is 18.0 Å². The molecule has 12 heteroatoms. The Morgan fingerprint density at radius 1 is 1.02 bits per heavy atom. The summed E-state index contributed by atoms with van der Waals surface area (Å²) in [5.41, 5.74) is 3.82. The second-order valence-electron chi connectivity index (χ2n) is 12.1. The summed E-state index contributed by atoms with van der Waals surface area (Å²) in [6, 6.07) is 10.5. The number of amides is 3. The number of nitrogens with zero attached hydrogens (tertiary/aromatic N) is 2. The first-order valence-electron chi connectivity index (χ1n) is 15.0. The molecule has 4 aromatic rings. The lowest BCUT2D eigenvalue weighted by Gasteiger charge is -2.19. The number of carbonyl (C=O) groups is 2.